The summed E-state index contributed by atoms with van der Waals surface area (Å²) in [6.45, 7) is 0. The third-order valence-corrected chi connectivity index (χ3v) is 12.5. The van der Waals surface area contributed by atoms with Gasteiger partial charge in [0.2, 0.25) is 0 Å². The molecule has 0 heterocycles. The maximum atomic E-state index is 2.57. The minimum Gasteiger partial charge on any atom is -1.00 e. The number of hydrogen-bond acceptors (Lipinski definition) is 0. The first-order valence-electron chi connectivity index (χ1n) is 9.42. The third-order valence-electron chi connectivity index (χ3n) is 5.80. The average Bonchev–Trinajstić information content (AvgIpc) is 3.25. The van der Waals surface area contributed by atoms with Gasteiger partial charge in [0, 0.05) is 0 Å². The van der Waals surface area contributed by atoms with E-state index in [1.54, 1.807) is 16.7 Å². The number of allylic oxidation sites excluding steroid dienone is 5. The zero-order valence-corrected chi connectivity index (χ0v) is 23.1. The molecule has 3 aliphatic carbocycles. The van der Waals surface area contributed by atoms with Crippen molar-refractivity contribution in [2.24, 2.45) is 0 Å². The summed E-state index contributed by atoms with van der Waals surface area (Å²) in [5.74, 6) is 0. The Morgan fingerprint density at radius 3 is 2.41 bits per heavy atom. The quantitative estimate of drug-likeness (QED) is 0.320. The van der Waals surface area contributed by atoms with Crippen molar-refractivity contribution in [2.75, 3.05) is 0 Å². The number of halogens is 2. The van der Waals surface area contributed by atoms with Crippen LogP contribution in [0.3, 0.4) is 0 Å². The molecule has 0 fully saturated rings. The molecule has 3 aliphatic rings. The standard InChI is InChI=1S/C15H11.C9H11.Hf.2HI/c1-2-6-12(7-3-1)15-10-13-8-4-5-9-14(13)11-15;1-2-5-9-7-3-6-8(9)4-1;;;/h1-11H;3,6-7H,1-2,4-5H2;;2*1H/q;;+2;;/p-2. The van der Waals surface area contributed by atoms with E-state index in [1.807, 2.05) is 5.57 Å². The van der Waals surface area contributed by atoms with Gasteiger partial charge in [-0.15, -0.1) is 0 Å². The van der Waals surface area contributed by atoms with Gasteiger partial charge in [0.25, 0.3) is 0 Å². The maximum Gasteiger partial charge on any atom is -1.00 e. The Labute approximate surface area is 208 Å². The van der Waals surface area contributed by atoms with Crippen LogP contribution in [0.2, 0.25) is 3.67 Å². The van der Waals surface area contributed by atoms with Crippen LogP contribution in [0.4, 0.5) is 0 Å². The van der Waals surface area contributed by atoms with Crippen LogP contribution < -0.4 is 48.0 Å². The predicted octanol–water partition coefficient (Wildman–Crippen LogP) is 0.601. The van der Waals surface area contributed by atoms with Crippen molar-refractivity contribution >= 4 is 11.6 Å². The first kappa shape index (κ1) is 21.7. The van der Waals surface area contributed by atoms with Crippen molar-refractivity contribution in [3.05, 3.63) is 94.6 Å². The van der Waals surface area contributed by atoms with Gasteiger partial charge in [-0.3, -0.25) is 0 Å². The molecule has 0 spiro atoms. The molecule has 0 nitrogen and oxygen atoms in total. The van der Waals surface area contributed by atoms with Gasteiger partial charge >= 0.3 is 162 Å². The van der Waals surface area contributed by atoms with Crippen molar-refractivity contribution in [3.8, 4) is 0 Å². The second kappa shape index (κ2) is 9.66. The summed E-state index contributed by atoms with van der Waals surface area (Å²) in [6.07, 6.45) is 13.0. The second-order valence-electron chi connectivity index (χ2n) is 7.29. The monoisotopic (exact) mass is 744 g/mol. The van der Waals surface area contributed by atoms with Gasteiger partial charge in [-0.05, 0) is 0 Å². The Morgan fingerprint density at radius 2 is 1.56 bits per heavy atom. The summed E-state index contributed by atoms with van der Waals surface area (Å²) in [7, 11) is 0. The van der Waals surface area contributed by atoms with Crippen LogP contribution >= 0.6 is 0 Å². The summed E-state index contributed by atoms with van der Waals surface area (Å²) in [4.78, 5) is 0. The Bertz CT molecular complexity index is 896. The fourth-order valence-corrected chi connectivity index (χ4v) is 11.6. The molecule has 2 aromatic rings. The Morgan fingerprint density at radius 1 is 0.815 bits per heavy atom. The third kappa shape index (κ3) is 4.30. The van der Waals surface area contributed by atoms with Crippen molar-refractivity contribution < 1.29 is 70.9 Å². The van der Waals surface area contributed by atoms with Crippen molar-refractivity contribution in [2.45, 2.75) is 33.0 Å². The number of hydrogen-bond donors (Lipinski definition) is 0. The summed E-state index contributed by atoms with van der Waals surface area (Å²) >= 11 is -0.926. The van der Waals surface area contributed by atoms with Crippen LogP contribution in [0.15, 0.2) is 77.9 Å². The fraction of sp³-hybridized carbons (Fsp3) is 0.250. The van der Waals surface area contributed by atoms with E-state index in [9.17, 15) is 0 Å². The summed E-state index contributed by atoms with van der Waals surface area (Å²) < 4.78 is 1.54. The average molecular weight is 743 g/mol. The van der Waals surface area contributed by atoms with E-state index >= 15 is 0 Å². The van der Waals surface area contributed by atoms with Crippen LogP contribution in [-0.4, -0.2) is 0 Å². The molecule has 0 aliphatic heterocycles. The van der Waals surface area contributed by atoms with E-state index in [1.165, 1.54) is 36.8 Å². The van der Waals surface area contributed by atoms with E-state index < -0.39 is 22.9 Å². The molecule has 136 valence electrons. The molecule has 2 unspecified atom stereocenters. The molecule has 27 heavy (non-hydrogen) atoms. The Balaban J connectivity index is 0.00000105. The van der Waals surface area contributed by atoms with Gasteiger partial charge in [0.15, 0.2) is 0 Å². The molecule has 3 heteroatoms. The van der Waals surface area contributed by atoms with Crippen molar-refractivity contribution in [1.29, 1.82) is 0 Å². The summed E-state index contributed by atoms with van der Waals surface area (Å²) in [6, 6.07) is 20.2. The first-order valence-corrected chi connectivity index (χ1v) is 13.6. The second-order valence-corrected chi connectivity index (χ2v) is 12.8. The summed E-state index contributed by atoms with van der Waals surface area (Å²) in [5, 5.41) is 0. The van der Waals surface area contributed by atoms with Gasteiger partial charge in [0.1, 0.15) is 0 Å². The maximum absolute atomic E-state index is 2.57. The smallest absolute Gasteiger partial charge is 1.00 e. The largest absolute Gasteiger partial charge is 1.00 e. The molecule has 0 amide bonds. The molecule has 5 rings (SSSR count). The van der Waals surface area contributed by atoms with Crippen LogP contribution in [0, 0.1) is 0 Å². The topological polar surface area (TPSA) is 0 Å². The van der Waals surface area contributed by atoms with Crippen molar-refractivity contribution in [1.82, 2.24) is 0 Å². The predicted molar refractivity (Wildman–Crippen MR) is 102 cm³/mol. The van der Waals surface area contributed by atoms with E-state index in [-0.39, 0.29) is 48.0 Å². The molecule has 0 saturated carbocycles. The molecular formula is C24H22HfI2. The molecular weight excluding hydrogens is 721 g/mol. The Hall–Kier alpha value is -0.00987. The van der Waals surface area contributed by atoms with E-state index in [0.29, 0.717) is 3.67 Å². The molecule has 0 aromatic heterocycles. The van der Waals surface area contributed by atoms with Gasteiger partial charge in [0.05, 0.1) is 0 Å². The number of fused-ring (bicyclic) bond motifs is 1. The number of benzene rings is 2. The molecule has 2 atom stereocenters. The molecule has 0 bridgehead atoms. The van der Waals surface area contributed by atoms with Crippen LogP contribution in [0.25, 0.3) is 11.6 Å². The minimum absolute atomic E-state index is 0. The molecule has 2 aromatic carbocycles. The molecule has 0 N–H and O–H groups in total. The van der Waals surface area contributed by atoms with Gasteiger partial charge in [-0.1, -0.05) is 0 Å². The number of rotatable bonds is 3. The van der Waals surface area contributed by atoms with E-state index in [4.69, 9.17) is 0 Å². The van der Waals surface area contributed by atoms with Gasteiger partial charge < -0.3 is 48.0 Å². The minimum atomic E-state index is -0.926. The van der Waals surface area contributed by atoms with Gasteiger partial charge in [-0.2, -0.15) is 0 Å². The van der Waals surface area contributed by atoms with Crippen LogP contribution in [0.1, 0.15) is 46.0 Å². The molecule has 0 saturated heterocycles. The Kier molecular flexibility index (Phi) is 7.76. The normalized spacial score (nSPS) is 22.1. The zero-order chi connectivity index (χ0) is 16.6. The van der Waals surface area contributed by atoms with Crippen LogP contribution in [-0.2, 0) is 22.9 Å². The fourth-order valence-electron chi connectivity index (χ4n) is 4.55. The molecule has 0 radical (unpaired) electrons. The first-order chi connectivity index (χ1) is 12.4. The van der Waals surface area contributed by atoms with E-state index in [0.717, 1.165) is 3.67 Å². The van der Waals surface area contributed by atoms with Gasteiger partial charge in [-0.25, -0.2) is 0 Å². The summed E-state index contributed by atoms with van der Waals surface area (Å²) in [5.41, 5.74) is 9.59. The van der Waals surface area contributed by atoms with E-state index in [2.05, 4.69) is 72.8 Å². The zero-order valence-electron chi connectivity index (χ0n) is 15.2. The van der Waals surface area contributed by atoms with Crippen LogP contribution in [0.5, 0.6) is 0 Å². The SMILES string of the molecule is C1=C[CH]([Hf+2][CH]2C(c3ccccc3)=Cc3ccccc32)C2=C1CCCC2.[I-].[I-]. The van der Waals surface area contributed by atoms with Crippen molar-refractivity contribution in [3.63, 3.8) is 0 Å².